The number of fused-ring (bicyclic) bond motifs is 1. The first kappa shape index (κ1) is 14.4. The van der Waals surface area contributed by atoms with E-state index in [-0.39, 0.29) is 0 Å². The molecule has 0 aromatic carbocycles. The van der Waals surface area contributed by atoms with Crippen molar-refractivity contribution in [3.8, 4) is 0 Å². The number of alkyl halides is 1. The zero-order valence-corrected chi connectivity index (χ0v) is 13.2. The number of imidazole rings is 1. The maximum atomic E-state index is 5.92. The second kappa shape index (κ2) is 5.53. The van der Waals surface area contributed by atoms with Crippen molar-refractivity contribution in [3.05, 3.63) is 11.5 Å². The summed E-state index contributed by atoms with van der Waals surface area (Å²) in [5.74, 6) is 2.28. The minimum Gasteiger partial charge on any atom is -0.310 e. The van der Waals surface area contributed by atoms with Crippen LogP contribution in [-0.2, 0) is 13.5 Å². The van der Waals surface area contributed by atoms with Gasteiger partial charge < -0.3 is 4.57 Å². The molecule has 0 aliphatic heterocycles. The molecule has 5 heteroatoms. The molecule has 0 bridgehead atoms. The summed E-state index contributed by atoms with van der Waals surface area (Å²) in [6.45, 7) is 8.78. The fourth-order valence-electron chi connectivity index (χ4n) is 2.63. The van der Waals surface area contributed by atoms with E-state index in [1.54, 1.807) is 0 Å². The van der Waals surface area contributed by atoms with Crippen LogP contribution in [0.2, 0.25) is 0 Å². The molecule has 2 aromatic rings. The fourth-order valence-corrected chi connectivity index (χ4v) is 2.79. The molecule has 0 amide bonds. The standard InChI is InChI=1S/C14H23ClN4/c1-6-9(2)11(4)19-12(7-8-15)16-13-10(3)17-18(5)14(13)19/h9,11H,6-8H2,1-5H3. The van der Waals surface area contributed by atoms with Gasteiger partial charge in [-0.25, -0.2) is 4.98 Å². The lowest BCUT2D eigenvalue weighted by molar-refractivity contribution is 0.365. The summed E-state index contributed by atoms with van der Waals surface area (Å²) in [5, 5.41) is 4.48. The molecule has 2 atom stereocenters. The highest BCUT2D eigenvalue weighted by Gasteiger charge is 2.23. The van der Waals surface area contributed by atoms with Gasteiger partial charge in [0.25, 0.3) is 0 Å². The maximum absolute atomic E-state index is 5.92. The van der Waals surface area contributed by atoms with Crippen LogP contribution in [0.1, 0.15) is 44.8 Å². The molecule has 0 N–H and O–H groups in total. The Kier molecular flexibility index (Phi) is 4.19. The predicted octanol–water partition coefficient (Wildman–Crippen LogP) is 3.47. The molecule has 2 heterocycles. The van der Waals surface area contributed by atoms with E-state index in [1.807, 2.05) is 18.7 Å². The van der Waals surface area contributed by atoms with Gasteiger partial charge in [0.1, 0.15) is 11.3 Å². The number of aryl methyl sites for hydroxylation is 3. The summed E-state index contributed by atoms with van der Waals surface area (Å²) < 4.78 is 4.26. The number of nitrogens with zero attached hydrogens (tertiary/aromatic N) is 4. The van der Waals surface area contributed by atoms with E-state index in [0.29, 0.717) is 17.8 Å². The molecule has 106 valence electrons. The minimum atomic E-state index is 0.406. The Balaban J connectivity index is 2.63. The summed E-state index contributed by atoms with van der Waals surface area (Å²) in [7, 11) is 1.99. The van der Waals surface area contributed by atoms with E-state index in [0.717, 1.165) is 35.5 Å². The quantitative estimate of drug-likeness (QED) is 0.787. The minimum absolute atomic E-state index is 0.406. The Morgan fingerprint density at radius 3 is 2.58 bits per heavy atom. The second-order valence-electron chi connectivity index (χ2n) is 5.34. The Morgan fingerprint density at radius 1 is 1.32 bits per heavy atom. The number of rotatable bonds is 5. The van der Waals surface area contributed by atoms with Crippen LogP contribution in [0.15, 0.2) is 0 Å². The summed E-state index contributed by atoms with van der Waals surface area (Å²) in [6.07, 6.45) is 1.95. The van der Waals surface area contributed by atoms with Crippen molar-refractivity contribution < 1.29 is 0 Å². The van der Waals surface area contributed by atoms with Crippen molar-refractivity contribution in [3.63, 3.8) is 0 Å². The van der Waals surface area contributed by atoms with Gasteiger partial charge in [-0.15, -0.1) is 11.6 Å². The van der Waals surface area contributed by atoms with Gasteiger partial charge in [0.15, 0.2) is 5.65 Å². The topological polar surface area (TPSA) is 35.6 Å². The molecule has 0 spiro atoms. The highest BCUT2D eigenvalue weighted by Crippen LogP contribution is 2.28. The van der Waals surface area contributed by atoms with Gasteiger partial charge in [0.05, 0.1) is 5.69 Å². The summed E-state index contributed by atoms with van der Waals surface area (Å²) >= 11 is 5.92. The Labute approximate surface area is 119 Å². The van der Waals surface area contributed by atoms with Gasteiger partial charge >= 0.3 is 0 Å². The molecule has 0 radical (unpaired) electrons. The average Bonchev–Trinajstić information content (AvgIpc) is 2.87. The third-order valence-electron chi connectivity index (χ3n) is 4.10. The highest BCUT2D eigenvalue weighted by molar-refractivity contribution is 6.17. The van der Waals surface area contributed by atoms with E-state index in [2.05, 4.69) is 30.4 Å². The van der Waals surface area contributed by atoms with Gasteiger partial charge in [-0.1, -0.05) is 20.3 Å². The second-order valence-corrected chi connectivity index (χ2v) is 5.72. The molecule has 0 fully saturated rings. The molecular weight excluding hydrogens is 260 g/mol. The van der Waals surface area contributed by atoms with Gasteiger partial charge in [0, 0.05) is 25.4 Å². The highest BCUT2D eigenvalue weighted by atomic mass is 35.5. The Bertz CT molecular complexity index is 570. The number of aromatic nitrogens is 4. The molecule has 19 heavy (non-hydrogen) atoms. The van der Waals surface area contributed by atoms with Crippen molar-refractivity contribution in [2.24, 2.45) is 13.0 Å². The zero-order valence-electron chi connectivity index (χ0n) is 12.4. The smallest absolute Gasteiger partial charge is 0.158 e. The van der Waals surface area contributed by atoms with E-state index < -0.39 is 0 Å². The average molecular weight is 283 g/mol. The number of hydrogen-bond donors (Lipinski definition) is 0. The van der Waals surface area contributed by atoms with Crippen molar-refractivity contribution in [1.82, 2.24) is 19.3 Å². The van der Waals surface area contributed by atoms with E-state index in [1.165, 1.54) is 0 Å². The maximum Gasteiger partial charge on any atom is 0.158 e. The van der Waals surface area contributed by atoms with Gasteiger partial charge in [-0.3, -0.25) is 4.68 Å². The number of hydrogen-bond acceptors (Lipinski definition) is 2. The molecule has 0 saturated carbocycles. The lowest BCUT2D eigenvalue weighted by Crippen LogP contribution is -2.18. The molecule has 4 nitrogen and oxygen atoms in total. The molecule has 0 aliphatic rings. The Hall–Kier alpha value is -1.03. The van der Waals surface area contributed by atoms with Crippen molar-refractivity contribution in [2.45, 2.75) is 46.6 Å². The molecule has 0 saturated heterocycles. The van der Waals surface area contributed by atoms with Crippen molar-refractivity contribution in [2.75, 3.05) is 5.88 Å². The van der Waals surface area contributed by atoms with Gasteiger partial charge in [-0.2, -0.15) is 5.10 Å². The normalized spacial score (nSPS) is 15.1. The van der Waals surface area contributed by atoms with Crippen molar-refractivity contribution >= 4 is 22.8 Å². The van der Waals surface area contributed by atoms with Crippen LogP contribution >= 0.6 is 11.6 Å². The van der Waals surface area contributed by atoms with Crippen LogP contribution < -0.4 is 0 Å². The first-order valence-corrected chi connectivity index (χ1v) is 7.51. The van der Waals surface area contributed by atoms with Gasteiger partial charge in [0.2, 0.25) is 0 Å². The molecule has 2 aromatic heterocycles. The third kappa shape index (κ3) is 2.38. The Morgan fingerprint density at radius 2 is 2.00 bits per heavy atom. The lowest BCUT2D eigenvalue weighted by atomic mass is 10.0. The lowest BCUT2D eigenvalue weighted by Gasteiger charge is -2.23. The monoisotopic (exact) mass is 282 g/mol. The van der Waals surface area contributed by atoms with Crippen LogP contribution in [-0.4, -0.2) is 25.2 Å². The first-order chi connectivity index (χ1) is 9.01. The van der Waals surface area contributed by atoms with Crippen LogP contribution in [0, 0.1) is 12.8 Å². The van der Waals surface area contributed by atoms with Crippen molar-refractivity contribution in [1.29, 1.82) is 0 Å². The van der Waals surface area contributed by atoms with E-state index >= 15 is 0 Å². The molecule has 0 aliphatic carbocycles. The van der Waals surface area contributed by atoms with Crippen LogP contribution in [0.4, 0.5) is 0 Å². The first-order valence-electron chi connectivity index (χ1n) is 6.97. The zero-order chi connectivity index (χ0) is 14.2. The largest absolute Gasteiger partial charge is 0.310 e. The summed E-state index contributed by atoms with van der Waals surface area (Å²) in [5.41, 5.74) is 3.12. The molecule has 2 unspecified atom stereocenters. The summed E-state index contributed by atoms with van der Waals surface area (Å²) in [4.78, 5) is 4.76. The molecule has 2 rings (SSSR count). The third-order valence-corrected chi connectivity index (χ3v) is 4.29. The summed E-state index contributed by atoms with van der Waals surface area (Å²) in [6, 6.07) is 0.406. The van der Waals surface area contributed by atoms with Gasteiger partial charge in [-0.05, 0) is 19.8 Å². The number of halogens is 1. The van der Waals surface area contributed by atoms with E-state index in [4.69, 9.17) is 16.6 Å². The SMILES string of the molecule is CCC(C)C(C)n1c(CCCl)nc2c(C)nn(C)c21. The molecular formula is C14H23ClN4. The van der Waals surface area contributed by atoms with E-state index in [9.17, 15) is 0 Å². The predicted molar refractivity (Wildman–Crippen MR) is 79.8 cm³/mol. The van der Waals surface area contributed by atoms with Crippen LogP contribution in [0.3, 0.4) is 0 Å². The van der Waals surface area contributed by atoms with Crippen LogP contribution in [0.25, 0.3) is 11.2 Å². The van der Waals surface area contributed by atoms with Crippen LogP contribution in [0.5, 0.6) is 0 Å². The fraction of sp³-hybridized carbons (Fsp3) is 0.714.